The van der Waals surface area contributed by atoms with Crippen molar-refractivity contribution in [2.75, 3.05) is 30.5 Å². The van der Waals surface area contributed by atoms with E-state index >= 15 is 0 Å². The Kier molecular flexibility index (Phi) is 6.61. The molecule has 5 nitrogen and oxygen atoms in total. The Morgan fingerprint density at radius 2 is 2.25 bits per heavy atom. The first-order chi connectivity index (χ1) is 9.37. The van der Waals surface area contributed by atoms with Crippen molar-refractivity contribution in [2.24, 2.45) is 0 Å². The van der Waals surface area contributed by atoms with Crippen molar-refractivity contribution in [3.05, 3.63) is 11.1 Å². The highest BCUT2D eigenvalue weighted by Gasteiger charge is 2.33. The normalized spacial score (nSPS) is 13.0. The van der Waals surface area contributed by atoms with Gasteiger partial charge in [0.15, 0.2) is 5.13 Å². The van der Waals surface area contributed by atoms with Gasteiger partial charge >= 0.3 is 5.97 Å². The van der Waals surface area contributed by atoms with Gasteiger partial charge in [0.2, 0.25) is 0 Å². The van der Waals surface area contributed by atoms with Gasteiger partial charge in [0, 0.05) is 34.7 Å². The van der Waals surface area contributed by atoms with Crippen LogP contribution < -0.4 is 5.32 Å². The van der Waals surface area contributed by atoms with Crippen LogP contribution in [0.1, 0.15) is 32.9 Å². The van der Waals surface area contributed by atoms with Crippen LogP contribution in [-0.4, -0.2) is 40.3 Å². The minimum atomic E-state index is -0.759. The van der Waals surface area contributed by atoms with Crippen LogP contribution >= 0.6 is 11.3 Å². The molecule has 1 aromatic heterocycles. The van der Waals surface area contributed by atoms with Gasteiger partial charge in [-0.3, -0.25) is 9.00 Å². The Hall–Kier alpha value is -0.950. The van der Waals surface area contributed by atoms with Crippen LogP contribution in [0.5, 0.6) is 0 Å². The van der Waals surface area contributed by atoms with E-state index in [1.54, 1.807) is 13.2 Å². The predicted molar refractivity (Wildman–Crippen MR) is 83.8 cm³/mol. The standard InChI is InChI=1S/C13H22N2O3S2/c1-5-18-11(16)13(2,3)10-9-19-12(15-10)14-7-6-8-20(4)17/h9H,5-8H2,1-4H3,(H,14,15). The quantitative estimate of drug-likeness (QED) is 0.587. The van der Waals surface area contributed by atoms with Gasteiger partial charge in [0.25, 0.3) is 0 Å². The van der Waals surface area contributed by atoms with Gasteiger partial charge < -0.3 is 10.1 Å². The van der Waals surface area contributed by atoms with E-state index in [0.29, 0.717) is 18.1 Å². The van der Waals surface area contributed by atoms with Crippen LogP contribution in [0, 0.1) is 0 Å². The van der Waals surface area contributed by atoms with Crippen molar-refractivity contribution in [3.8, 4) is 0 Å². The van der Waals surface area contributed by atoms with Gasteiger partial charge in [0.1, 0.15) is 5.41 Å². The summed E-state index contributed by atoms with van der Waals surface area (Å²) in [5.74, 6) is 0.415. The summed E-state index contributed by atoms with van der Waals surface area (Å²) in [6.45, 7) is 6.51. The molecule has 0 aromatic carbocycles. The Bertz CT molecular complexity index is 472. The molecule has 0 amide bonds. The summed E-state index contributed by atoms with van der Waals surface area (Å²) < 4.78 is 16.0. The number of thiazole rings is 1. The number of hydrogen-bond acceptors (Lipinski definition) is 6. The number of rotatable bonds is 8. The van der Waals surface area contributed by atoms with Crippen LogP contribution in [0.25, 0.3) is 0 Å². The van der Waals surface area contributed by atoms with E-state index < -0.39 is 16.2 Å². The van der Waals surface area contributed by atoms with Crippen LogP contribution in [0.3, 0.4) is 0 Å². The SMILES string of the molecule is CCOC(=O)C(C)(C)c1csc(NCCCS(C)=O)n1. The largest absolute Gasteiger partial charge is 0.465 e. The summed E-state index contributed by atoms with van der Waals surface area (Å²) in [5, 5.41) is 5.83. The zero-order chi connectivity index (χ0) is 15.2. The smallest absolute Gasteiger partial charge is 0.317 e. The van der Waals surface area contributed by atoms with Crippen molar-refractivity contribution >= 4 is 33.2 Å². The lowest BCUT2D eigenvalue weighted by Gasteiger charge is -2.19. The second-order valence-electron chi connectivity index (χ2n) is 4.94. The number of nitrogens with zero attached hydrogens (tertiary/aromatic N) is 1. The lowest BCUT2D eigenvalue weighted by Crippen LogP contribution is -2.31. The Morgan fingerprint density at radius 3 is 2.85 bits per heavy atom. The van der Waals surface area contributed by atoms with Gasteiger partial charge in [-0.2, -0.15) is 0 Å². The molecule has 1 N–H and O–H groups in total. The maximum absolute atomic E-state index is 11.9. The number of ether oxygens (including phenoxy) is 1. The first-order valence-corrected chi connectivity index (χ1v) is 9.15. The zero-order valence-electron chi connectivity index (χ0n) is 12.4. The number of nitrogens with one attached hydrogen (secondary N) is 1. The molecule has 0 fully saturated rings. The zero-order valence-corrected chi connectivity index (χ0v) is 14.0. The molecule has 0 bridgehead atoms. The van der Waals surface area contributed by atoms with E-state index in [-0.39, 0.29) is 5.97 Å². The van der Waals surface area contributed by atoms with Crippen molar-refractivity contribution in [2.45, 2.75) is 32.6 Å². The molecule has 0 aliphatic carbocycles. The van der Waals surface area contributed by atoms with Gasteiger partial charge in [-0.25, -0.2) is 4.98 Å². The molecule has 114 valence electrons. The molecule has 1 aromatic rings. The van der Waals surface area contributed by atoms with Gasteiger partial charge in [-0.15, -0.1) is 11.3 Å². The predicted octanol–water partition coefficient (Wildman–Crippen LogP) is 2.16. The summed E-state index contributed by atoms with van der Waals surface area (Å²) in [7, 11) is -0.759. The molecule has 0 aliphatic heterocycles. The van der Waals surface area contributed by atoms with E-state index in [1.807, 2.05) is 19.2 Å². The van der Waals surface area contributed by atoms with Crippen LogP contribution in [0.2, 0.25) is 0 Å². The number of carbonyl (C=O) groups is 1. The topological polar surface area (TPSA) is 68.3 Å². The average molecular weight is 318 g/mol. The van der Waals surface area contributed by atoms with E-state index in [2.05, 4.69) is 10.3 Å². The fourth-order valence-electron chi connectivity index (χ4n) is 1.53. The van der Waals surface area contributed by atoms with Gasteiger partial charge in [0.05, 0.1) is 12.3 Å². The van der Waals surface area contributed by atoms with Crippen molar-refractivity contribution < 1.29 is 13.7 Å². The molecule has 1 unspecified atom stereocenters. The minimum Gasteiger partial charge on any atom is -0.465 e. The summed E-state index contributed by atoms with van der Waals surface area (Å²) >= 11 is 1.46. The van der Waals surface area contributed by atoms with Crippen LogP contribution in [0.4, 0.5) is 5.13 Å². The highest BCUT2D eigenvalue weighted by molar-refractivity contribution is 7.84. The maximum atomic E-state index is 11.9. The van der Waals surface area contributed by atoms with Crippen molar-refractivity contribution in [1.82, 2.24) is 4.98 Å². The Balaban J connectivity index is 2.58. The van der Waals surface area contributed by atoms with E-state index in [1.165, 1.54) is 11.3 Å². The molecule has 0 radical (unpaired) electrons. The average Bonchev–Trinajstić information content (AvgIpc) is 2.84. The molecule has 1 heterocycles. The van der Waals surface area contributed by atoms with Crippen LogP contribution in [-0.2, 0) is 25.7 Å². The summed E-state index contributed by atoms with van der Waals surface area (Å²) in [6.07, 6.45) is 2.53. The molecule has 0 spiro atoms. The fraction of sp³-hybridized carbons (Fsp3) is 0.692. The maximum Gasteiger partial charge on any atom is 0.317 e. The molecule has 20 heavy (non-hydrogen) atoms. The molecule has 0 saturated carbocycles. The third-order valence-corrected chi connectivity index (χ3v) is 4.48. The third kappa shape index (κ3) is 4.86. The number of esters is 1. The Labute approximate surface area is 126 Å². The van der Waals surface area contributed by atoms with E-state index in [4.69, 9.17) is 4.74 Å². The second-order valence-corrected chi connectivity index (χ2v) is 7.35. The summed E-state index contributed by atoms with van der Waals surface area (Å²) in [5.41, 5.74) is -0.0281. The first-order valence-electron chi connectivity index (χ1n) is 6.55. The van der Waals surface area contributed by atoms with Crippen molar-refractivity contribution in [1.29, 1.82) is 0 Å². The third-order valence-electron chi connectivity index (χ3n) is 2.82. The van der Waals surface area contributed by atoms with Crippen molar-refractivity contribution in [3.63, 3.8) is 0 Å². The lowest BCUT2D eigenvalue weighted by molar-refractivity contribution is -0.148. The number of aromatic nitrogens is 1. The molecule has 1 rings (SSSR count). The molecule has 1 atom stereocenters. The second kappa shape index (κ2) is 7.73. The number of hydrogen-bond donors (Lipinski definition) is 1. The van der Waals surface area contributed by atoms with E-state index in [0.717, 1.165) is 18.1 Å². The fourth-order valence-corrected chi connectivity index (χ4v) is 2.99. The monoisotopic (exact) mass is 318 g/mol. The van der Waals surface area contributed by atoms with Crippen LogP contribution in [0.15, 0.2) is 5.38 Å². The Morgan fingerprint density at radius 1 is 1.55 bits per heavy atom. The molecule has 0 saturated heterocycles. The molecular weight excluding hydrogens is 296 g/mol. The lowest BCUT2D eigenvalue weighted by atomic mass is 9.90. The highest BCUT2D eigenvalue weighted by Crippen LogP contribution is 2.28. The summed E-state index contributed by atoms with van der Waals surface area (Å²) in [4.78, 5) is 16.3. The van der Waals surface area contributed by atoms with Gasteiger partial charge in [-0.05, 0) is 27.2 Å². The number of carbonyl (C=O) groups excluding carboxylic acids is 1. The number of anilines is 1. The molecule has 7 heteroatoms. The summed E-state index contributed by atoms with van der Waals surface area (Å²) in [6, 6.07) is 0. The van der Waals surface area contributed by atoms with E-state index in [9.17, 15) is 9.00 Å². The highest BCUT2D eigenvalue weighted by atomic mass is 32.2. The molecule has 0 aliphatic rings. The first kappa shape index (κ1) is 17.1. The van der Waals surface area contributed by atoms with Gasteiger partial charge in [-0.1, -0.05) is 0 Å². The molecular formula is C13H22N2O3S2. The minimum absolute atomic E-state index is 0.266.